The number of pyridine rings is 1. The van der Waals surface area contributed by atoms with Gasteiger partial charge in [0, 0.05) is 24.5 Å². The monoisotopic (exact) mass is 439 g/mol. The molecule has 0 atom stereocenters. The molecule has 1 saturated carbocycles. The molecule has 3 heterocycles. The summed E-state index contributed by atoms with van der Waals surface area (Å²) in [5.41, 5.74) is 2.96. The summed E-state index contributed by atoms with van der Waals surface area (Å²) in [5.74, 6) is 0.642. The molecule has 1 aliphatic carbocycles. The third kappa shape index (κ3) is 3.52. The average Bonchev–Trinajstić information content (AvgIpc) is 2.90. The van der Waals surface area contributed by atoms with Crippen LogP contribution in [-0.4, -0.2) is 24.5 Å². The van der Waals surface area contributed by atoms with Crippen molar-refractivity contribution in [3.8, 4) is 11.3 Å². The van der Waals surface area contributed by atoms with Gasteiger partial charge in [-0.25, -0.2) is 9.97 Å². The van der Waals surface area contributed by atoms with Gasteiger partial charge in [0.2, 0.25) is 5.28 Å². The Balaban J connectivity index is 1.86. The lowest BCUT2D eigenvalue weighted by atomic mass is 9.89. The Morgan fingerprint density at radius 2 is 1.88 bits per heavy atom. The minimum atomic E-state index is 0.164. The maximum atomic E-state index is 6.13. The van der Waals surface area contributed by atoms with Crippen molar-refractivity contribution < 1.29 is 0 Å². The highest BCUT2D eigenvalue weighted by Crippen LogP contribution is 2.33. The Kier molecular flexibility index (Phi) is 4.93. The summed E-state index contributed by atoms with van der Waals surface area (Å²) in [7, 11) is 0. The molecule has 0 aliphatic heterocycles. The van der Waals surface area contributed by atoms with E-state index in [1.807, 2.05) is 6.07 Å². The van der Waals surface area contributed by atoms with E-state index in [-0.39, 0.29) is 5.28 Å². The maximum Gasteiger partial charge on any atom is 0.225 e. The van der Waals surface area contributed by atoms with Crippen molar-refractivity contribution in [2.24, 2.45) is 5.92 Å². The third-order valence-electron chi connectivity index (χ3n) is 4.67. The first-order valence-electron chi connectivity index (χ1n) is 8.32. The largest absolute Gasteiger partial charge is 0.315 e. The number of aromatic nitrogens is 5. The summed E-state index contributed by atoms with van der Waals surface area (Å²) in [5, 5.41) is 0.718. The third-order valence-corrected chi connectivity index (χ3v) is 5.65. The van der Waals surface area contributed by atoms with E-state index in [2.05, 4.69) is 40.4 Å². The predicted octanol–water partition coefficient (Wildman–Crippen LogP) is 5.54. The number of halogens is 3. The van der Waals surface area contributed by atoms with Crippen LogP contribution in [0.15, 0.2) is 23.2 Å². The van der Waals surface area contributed by atoms with Crippen LogP contribution in [0.4, 0.5) is 0 Å². The minimum absolute atomic E-state index is 0.164. The van der Waals surface area contributed by atoms with E-state index in [1.165, 1.54) is 32.1 Å². The second-order valence-corrected chi connectivity index (χ2v) is 7.88. The Labute approximate surface area is 163 Å². The Bertz CT molecular complexity index is 921. The van der Waals surface area contributed by atoms with E-state index >= 15 is 0 Å². The lowest BCUT2D eigenvalue weighted by Crippen LogP contribution is -2.14. The molecule has 0 saturated heterocycles. The molecule has 4 rings (SSSR count). The van der Waals surface area contributed by atoms with Gasteiger partial charge in [0.05, 0.1) is 5.02 Å². The van der Waals surface area contributed by atoms with Crippen LogP contribution in [0.3, 0.4) is 0 Å². The van der Waals surface area contributed by atoms with E-state index in [9.17, 15) is 0 Å². The molecule has 130 valence electrons. The average molecular weight is 441 g/mol. The highest BCUT2D eigenvalue weighted by atomic mass is 79.9. The fourth-order valence-corrected chi connectivity index (χ4v) is 4.35. The molecule has 8 heteroatoms. The molecule has 1 fully saturated rings. The Hall–Kier alpha value is -1.24. The van der Waals surface area contributed by atoms with Gasteiger partial charge in [-0.2, -0.15) is 4.98 Å². The van der Waals surface area contributed by atoms with Crippen molar-refractivity contribution in [2.75, 3.05) is 0 Å². The van der Waals surface area contributed by atoms with Gasteiger partial charge < -0.3 is 4.57 Å². The van der Waals surface area contributed by atoms with Gasteiger partial charge in [0.15, 0.2) is 10.4 Å². The first-order chi connectivity index (χ1) is 12.1. The zero-order valence-corrected chi connectivity index (χ0v) is 16.5. The zero-order chi connectivity index (χ0) is 17.4. The molecular weight excluding hydrogens is 425 g/mol. The van der Waals surface area contributed by atoms with Crippen LogP contribution in [0.5, 0.6) is 0 Å². The van der Waals surface area contributed by atoms with E-state index in [0.717, 1.165) is 22.4 Å². The van der Waals surface area contributed by atoms with E-state index in [0.29, 0.717) is 22.3 Å². The van der Waals surface area contributed by atoms with Crippen LogP contribution in [0.2, 0.25) is 10.3 Å². The van der Waals surface area contributed by atoms with E-state index in [4.69, 9.17) is 23.2 Å². The number of imidazole rings is 1. The quantitative estimate of drug-likeness (QED) is 0.396. The van der Waals surface area contributed by atoms with Crippen molar-refractivity contribution in [3.63, 3.8) is 0 Å². The molecule has 0 N–H and O–H groups in total. The number of nitrogens with zero attached hydrogens (tertiary/aromatic N) is 5. The van der Waals surface area contributed by atoms with Gasteiger partial charge in [-0.3, -0.25) is 4.98 Å². The van der Waals surface area contributed by atoms with Gasteiger partial charge in [-0.15, -0.1) is 0 Å². The summed E-state index contributed by atoms with van der Waals surface area (Å²) < 4.78 is 2.90. The molecule has 3 aromatic rings. The number of rotatable bonds is 3. The highest BCUT2D eigenvalue weighted by molar-refractivity contribution is 9.10. The Morgan fingerprint density at radius 1 is 1.08 bits per heavy atom. The van der Waals surface area contributed by atoms with Crippen LogP contribution < -0.4 is 0 Å². The lowest BCUT2D eigenvalue weighted by molar-refractivity contribution is 0.320. The minimum Gasteiger partial charge on any atom is -0.315 e. The summed E-state index contributed by atoms with van der Waals surface area (Å²) in [6, 6.07) is 1.83. The molecule has 0 spiro atoms. The molecule has 0 aromatic carbocycles. The molecule has 0 unspecified atom stereocenters. The molecule has 5 nitrogen and oxygen atoms in total. The molecule has 0 radical (unpaired) electrons. The molecule has 0 amide bonds. The normalized spacial score (nSPS) is 15.8. The van der Waals surface area contributed by atoms with Crippen LogP contribution in [0, 0.1) is 5.92 Å². The van der Waals surface area contributed by atoms with Crippen molar-refractivity contribution in [1.82, 2.24) is 24.5 Å². The van der Waals surface area contributed by atoms with Crippen molar-refractivity contribution >= 4 is 50.3 Å². The van der Waals surface area contributed by atoms with Gasteiger partial charge in [-0.1, -0.05) is 30.9 Å². The van der Waals surface area contributed by atoms with Gasteiger partial charge >= 0.3 is 0 Å². The number of hydrogen-bond donors (Lipinski definition) is 0. The molecular formula is C17H16BrCl2N5. The van der Waals surface area contributed by atoms with Crippen LogP contribution in [0.25, 0.3) is 22.4 Å². The molecule has 25 heavy (non-hydrogen) atoms. The number of fused-ring (bicyclic) bond motifs is 1. The summed E-state index contributed by atoms with van der Waals surface area (Å²) in [6.07, 6.45) is 9.74. The van der Waals surface area contributed by atoms with E-state index < -0.39 is 0 Å². The predicted molar refractivity (Wildman–Crippen MR) is 103 cm³/mol. The van der Waals surface area contributed by atoms with Crippen molar-refractivity contribution in [2.45, 2.75) is 38.6 Å². The first kappa shape index (κ1) is 17.2. The van der Waals surface area contributed by atoms with Crippen LogP contribution >= 0.6 is 39.1 Å². The summed E-state index contributed by atoms with van der Waals surface area (Å²) in [4.78, 5) is 17.5. The van der Waals surface area contributed by atoms with Crippen molar-refractivity contribution in [1.29, 1.82) is 0 Å². The second kappa shape index (κ2) is 7.17. The highest BCUT2D eigenvalue weighted by Gasteiger charge is 2.22. The number of hydrogen-bond acceptors (Lipinski definition) is 4. The zero-order valence-electron chi connectivity index (χ0n) is 13.4. The van der Waals surface area contributed by atoms with Crippen LogP contribution in [0.1, 0.15) is 32.1 Å². The van der Waals surface area contributed by atoms with Gasteiger partial charge in [0.1, 0.15) is 11.2 Å². The summed E-state index contributed by atoms with van der Waals surface area (Å²) >= 11 is 15.8. The smallest absolute Gasteiger partial charge is 0.225 e. The molecule has 0 bridgehead atoms. The Morgan fingerprint density at radius 3 is 2.64 bits per heavy atom. The van der Waals surface area contributed by atoms with E-state index in [1.54, 1.807) is 12.4 Å². The maximum absolute atomic E-state index is 6.13. The SMILES string of the molecule is Clc1cncc(-c2nc(Cl)nc3nc(Br)n(CC4CCCCC4)c23)c1. The summed E-state index contributed by atoms with van der Waals surface area (Å²) in [6.45, 7) is 0.892. The second-order valence-electron chi connectivity index (χ2n) is 6.40. The standard InChI is InChI=1S/C17H16BrCl2N5/c18-16-23-15-14(25(16)9-10-4-2-1-3-5-10)13(22-17(20)24-15)11-6-12(19)8-21-7-11/h6-8,10H,1-5,9H2. The van der Waals surface area contributed by atoms with Crippen LogP contribution in [-0.2, 0) is 6.54 Å². The van der Waals surface area contributed by atoms with Crippen molar-refractivity contribution in [3.05, 3.63) is 33.5 Å². The fourth-order valence-electron chi connectivity index (χ4n) is 3.52. The molecule has 1 aliphatic rings. The van der Waals surface area contributed by atoms with Gasteiger partial charge in [0.25, 0.3) is 0 Å². The fraction of sp³-hybridized carbons (Fsp3) is 0.412. The topological polar surface area (TPSA) is 56.5 Å². The molecule has 3 aromatic heterocycles. The lowest BCUT2D eigenvalue weighted by Gasteiger charge is -2.22. The first-order valence-corrected chi connectivity index (χ1v) is 9.87. The van der Waals surface area contributed by atoms with Gasteiger partial charge in [-0.05, 0) is 52.4 Å².